The fraction of sp³-hybridized carbons (Fsp3) is 0.273. The van der Waals surface area contributed by atoms with E-state index in [-0.39, 0.29) is 24.6 Å². The molecule has 0 aliphatic carbocycles. The van der Waals surface area contributed by atoms with Gasteiger partial charge >= 0.3 is 5.69 Å². The molecule has 0 atom stereocenters. The van der Waals surface area contributed by atoms with Crippen molar-refractivity contribution in [1.82, 2.24) is 9.13 Å². The number of benzene rings is 1. The molecular weight excluding hydrogens is 208 g/mol. The summed E-state index contributed by atoms with van der Waals surface area (Å²) in [6, 6.07) is 7.07. The van der Waals surface area contributed by atoms with Crippen molar-refractivity contribution >= 4 is 16.9 Å². The normalized spacial score (nSPS) is 10.9. The highest BCUT2D eigenvalue weighted by atomic mass is 16.3. The van der Waals surface area contributed by atoms with E-state index in [0.717, 1.165) is 4.57 Å². The molecule has 16 heavy (non-hydrogen) atoms. The molecule has 0 bridgehead atoms. The second-order valence-electron chi connectivity index (χ2n) is 3.53. The number of aliphatic hydroxyl groups is 1. The summed E-state index contributed by atoms with van der Waals surface area (Å²) in [4.78, 5) is 23.5. The maximum atomic E-state index is 11.8. The number of carbonyl (C=O) groups is 1. The van der Waals surface area contributed by atoms with Crippen LogP contribution in [0.15, 0.2) is 29.1 Å². The van der Waals surface area contributed by atoms with E-state index >= 15 is 0 Å². The van der Waals surface area contributed by atoms with E-state index < -0.39 is 0 Å². The quantitative estimate of drug-likeness (QED) is 0.794. The summed E-state index contributed by atoms with van der Waals surface area (Å²) in [5.41, 5.74) is 0.909. The Morgan fingerprint density at radius 2 is 1.94 bits per heavy atom. The summed E-state index contributed by atoms with van der Waals surface area (Å²) in [5.74, 6) is -0.385. The van der Waals surface area contributed by atoms with Crippen molar-refractivity contribution in [3.05, 3.63) is 34.7 Å². The highest BCUT2D eigenvalue weighted by molar-refractivity contribution is 5.90. The van der Waals surface area contributed by atoms with E-state index in [1.165, 1.54) is 4.57 Å². The second kappa shape index (κ2) is 3.94. The minimum Gasteiger partial charge on any atom is -0.396 e. The van der Waals surface area contributed by atoms with Crippen LogP contribution < -0.4 is 5.69 Å². The highest BCUT2D eigenvalue weighted by Crippen LogP contribution is 2.11. The monoisotopic (exact) mass is 220 g/mol. The molecule has 1 heterocycles. The lowest BCUT2D eigenvalue weighted by molar-refractivity contribution is 0.0875. The van der Waals surface area contributed by atoms with Gasteiger partial charge in [0, 0.05) is 7.05 Å². The van der Waals surface area contributed by atoms with Crippen LogP contribution in [0.25, 0.3) is 11.0 Å². The van der Waals surface area contributed by atoms with Gasteiger partial charge in [-0.1, -0.05) is 12.1 Å². The lowest BCUT2D eigenvalue weighted by Gasteiger charge is -1.98. The molecule has 0 unspecified atom stereocenters. The molecule has 2 aromatic rings. The Morgan fingerprint density at radius 1 is 1.31 bits per heavy atom. The predicted octanol–water partition coefficient (Wildman–Crippen LogP) is 0.363. The number of fused-ring (bicyclic) bond motifs is 1. The van der Waals surface area contributed by atoms with Gasteiger partial charge in [0.2, 0.25) is 5.91 Å². The maximum Gasteiger partial charge on any atom is 0.335 e. The number of aliphatic hydroxyl groups excluding tert-OH is 1. The molecule has 0 aliphatic heterocycles. The van der Waals surface area contributed by atoms with Gasteiger partial charge in [0.15, 0.2) is 0 Å². The van der Waals surface area contributed by atoms with Crippen LogP contribution in [0.5, 0.6) is 0 Å². The summed E-state index contributed by atoms with van der Waals surface area (Å²) in [7, 11) is 1.62. The van der Waals surface area contributed by atoms with Crippen LogP contribution in [0.3, 0.4) is 0 Å². The molecule has 0 aliphatic rings. The third kappa shape index (κ3) is 1.45. The third-order valence-electron chi connectivity index (χ3n) is 2.54. The highest BCUT2D eigenvalue weighted by Gasteiger charge is 2.15. The number of aromatic nitrogens is 2. The zero-order chi connectivity index (χ0) is 11.7. The van der Waals surface area contributed by atoms with Crippen LogP contribution in [0.1, 0.15) is 11.2 Å². The Labute approximate surface area is 91.5 Å². The van der Waals surface area contributed by atoms with Gasteiger partial charge in [-0.15, -0.1) is 0 Å². The van der Waals surface area contributed by atoms with E-state index in [9.17, 15) is 9.59 Å². The van der Waals surface area contributed by atoms with Crippen molar-refractivity contribution in [2.45, 2.75) is 6.42 Å². The number of aryl methyl sites for hydroxylation is 1. The van der Waals surface area contributed by atoms with Gasteiger partial charge in [-0.3, -0.25) is 9.36 Å². The summed E-state index contributed by atoms with van der Waals surface area (Å²) >= 11 is 0. The lowest BCUT2D eigenvalue weighted by atomic mass is 10.3. The van der Waals surface area contributed by atoms with Gasteiger partial charge in [0.05, 0.1) is 24.1 Å². The molecule has 5 nitrogen and oxygen atoms in total. The Morgan fingerprint density at radius 3 is 2.56 bits per heavy atom. The Bertz CT molecular complexity index is 595. The molecule has 84 valence electrons. The van der Waals surface area contributed by atoms with Crippen molar-refractivity contribution in [2.75, 3.05) is 6.61 Å². The van der Waals surface area contributed by atoms with Crippen LogP contribution in [0.2, 0.25) is 0 Å². The van der Waals surface area contributed by atoms with Crippen LogP contribution in [0, 0.1) is 0 Å². The molecular formula is C11H12N2O3. The Hall–Kier alpha value is -1.88. The first-order valence-electron chi connectivity index (χ1n) is 4.97. The van der Waals surface area contributed by atoms with Crippen LogP contribution in [-0.2, 0) is 7.05 Å². The first-order valence-corrected chi connectivity index (χ1v) is 4.97. The Kier molecular flexibility index (Phi) is 2.62. The fourth-order valence-electron chi connectivity index (χ4n) is 1.74. The molecule has 0 amide bonds. The van der Waals surface area contributed by atoms with Crippen molar-refractivity contribution in [2.24, 2.45) is 7.05 Å². The summed E-state index contributed by atoms with van der Waals surface area (Å²) < 4.78 is 2.52. The molecule has 0 spiro atoms. The summed E-state index contributed by atoms with van der Waals surface area (Å²) in [6.07, 6.45) is -0.0477. The maximum absolute atomic E-state index is 11.8. The standard InChI is InChI=1S/C11H12N2O3/c1-12-8-4-2-3-5-9(8)13(11(12)16)10(15)6-7-14/h2-5,14H,6-7H2,1H3. The summed E-state index contributed by atoms with van der Waals surface area (Å²) in [6.45, 7) is -0.255. The zero-order valence-corrected chi connectivity index (χ0v) is 8.88. The van der Waals surface area contributed by atoms with Gasteiger partial charge in [-0.05, 0) is 12.1 Å². The molecule has 5 heteroatoms. The van der Waals surface area contributed by atoms with Gasteiger partial charge in [-0.2, -0.15) is 0 Å². The van der Waals surface area contributed by atoms with Crippen LogP contribution >= 0.6 is 0 Å². The number of rotatable bonds is 2. The first kappa shape index (κ1) is 10.6. The van der Waals surface area contributed by atoms with E-state index in [0.29, 0.717) is 11.0 Å². The van der Waals surface area contributed by atoms with Crippen molar-refractivity contribution in [3.63, 3.8) is 0 Å². The zero-order valence-electron chi connectivity index (χ0n) is 8.88. The molecule has 0 radical (unpaired) electrons. The number of para-hydroxylation sites is 2. The molecule has 1 aromatic heterocycles. The molecule has 1 N–H and O–H groups in total. The third-order valence-corrected chi connectivity index (χ3v) is 2.54. The van der Waals surface area contributed by atoms with Gasteiger partial charge in [0.1, 0.15) is 0 Å². The number of hydrogen-bond donors (Lipinski definition) is 1. The second-order valence-corrected chi connectivity index (χ2v) is 3.53. The van der Waals surface area contributed by atoms with Crippen molar-refractivity contribution in [1.29, 1.82) is 0 Å². The molecule has 0 saturated heterocycles. The average molecular weight is 220 g/mol. The number of hydrogen-bond acceptors (Lipinski definition) is 3. The Balaban J connectivity index is 2.74. The molecule has 0 saturated carbocycles. The number of carbonyl (C=O) groups excluding carboxylic acids is 1. The van der Waals surface area contributed by atoms with Crippen LogP contribution in [-0.4, -0.2) is 26.8 Å². The van der Waals surface area contributed by atoms with Gasteiger partial charge < -0.3 is 5.11 Å². The first-order chi connectivity index (χ1) is 7.66. The smallest absolute Gasteiger partial charge is 0.335 e. The number of nitrogens with zero attached hydrogens (tertiary/aromatic N) is 2. The van der Waals surface area contributed by atoms with E-state index in [1.807, 2.05) is 6.07 Å². The fourth-order valence-corrected chi connectivity index (χ4v) is 1.74. The topological polar surface area (TPSA) is 64.2 Å². The minimum absolute atomic E-state index is 0.0477. The predicted molar refractivity (Wildman–Crippen MR) is 59.5 cm³/mol. The van der Waals surface area contributed by atoms with Crippen molar-refractivity contribution < 1.29 is 9.90 Å². The van der Waals surface area contributed by atoms with E-state index in [2.05, 4.69) is 0 Å². The van der Waals surface area contributed by atoms with Gasteiger partial charge in [-0.25, -0.2) is 9.36 Å². The van der Waals surface area contributed by atoms with Crippen LogP contribution in [0.4, 0.5) is 0 Å². The molecule has 0 fully saturated rings. The van der Waals surface area contributed by atoms with Crippen molar-refractivity contribution in [3.8, 4) is 0 Å². The number of imidazole rings is 1. The summed E-state index contributed by atoms with van der Waals surface area (Å²) in [5, 5.41) is 8.72. The van der Waals surface area contributed by atoms with E-state index in [1.54, 1.807) is 25.2 Å². The average Bonchev–Trinajstić information content (AvgIpc) is 2.53. The SMILES string of the molecule is Cn1c(=O)n(C(=O)CCO)c2ccccc21. The minimum atomic E-state index is -0.385. The molecule has 2 rings (SSSR count). The van der Waals surface area contributed by atoms with Gasteiger partial charge in [0.25, 0.3) is 0 Å². The lowest BCUT2D eigenvalue weighted by Crippen LogP contribution is -2.28. The molecule has 1 aromatic carbocycles. The largest absolute Gasteiger partial charge is 0.396 e. The van der Waals surface area contributed by atoms with E-state index in [4.69, 9.17) is 5.11 Å².